The van der Waals surface area contributed by atoms with Crippen LogP contribution in [0, 0.1) is 13.8 Å². The Morgan fingerprint density at radius 3 is 2.69 bits per heavy atom. The molecule has 2 aromatic heterocycles. The van der Waals surface area contributed by atoms with Crippen molar-refractivity contribution in [1.82, 2.24) is 24.2 Å². The Kier molecular flexibility index (Phi) is 5.59. The summed E-state index contributed by atoms with van der Waals surface area (Å²) < 4.78 is 9.68. The molecule has 7 heteroatoms. The Bertz CT molecular complexity index is 1120. The number of rotatable bonds is 6. The largest absolute Gasteiger partial charge is 0.385 e. The molecule has 1 saturated heterocycles. The Labute approximate surface area is 189 Å². The van der Waals surface area contributed by atoms with Crippen molar-refractivity contribution >= 4 is 5.91 Å². The zero-order valence-corrected chi connectivity index (χ0v) is 19.1. The van der Waals surface area contributed by atoms with Crippen LogP contribution in [0.1, 0.15) is 46.8 Å². The highest BCUT2D eigenvalue weighted by molar-refractivity contribution is 5.96. The van der Waals surface area contributed by atoms with Crippen LogP contribution in [0.25, 0.3) is 11.4 Å². The first-order valence-corrected chi connectivity index (χ1v) is 11.5. The van der Waals surface area contributed by atoms with E-state index in [0.29, 0.717) is 0 Å². The van der Waals surface area contributed by atoms with Gasteiger partial charge in [0.05, 0.1) is 11.6 Å². The van der Waals surface area contributed by atoms with Gasteiger partial charge in [-0.15, -0.1) is 10.2 Å². The maximum Gasteiger partial charge on any atom is 0.256 e. The van der Waals surface area contributed by atoms with E-state index in [9.17, 15) is 4.79 Å². The van der Waals surface area contributed by atoms with Gasteiger partial charge in [-0.25, -0.2) is 0 Å². The standard InChI is InChI=1S/C25H31N5O2/c1-17-14-22(18(2)28(17)12-7-13-32-3)25(31)30-20-10-11-21(30)16-29-23(15-20)26-27-24(29)19-8-5-4-6-9-19/h4-6,8-9,14,20-21H,7,10-13,15-16H2,1-3H3. The molecule has 5 rings (SSSR count). The molecule has 2 aliphatic rings. The van der Waals surface area contributed by atoms with E-state index >= 15 is 0 Å². The highest BCUT2D eigenvalue weighted by atomic mass is 16.5. The number of fused-ring (bicyclic) bond motifs is 3. The molecule has 2 atom stereocenters. The predicted molar refractivity (Wildman–Crippen MR) is 123 cm³/mol. The summed E-state index contributed by atoms with van der Waals surface area (Å²) in [7, 11) is 1.73. The van der Waals surface area contributed by atoms with Crippen molar-refractivity contribution in [3.8, 4) is 11.4 Å². The number of hydrogen-bond donors (Lipinski definition) is 0. The minimum atomic E-state index is 0.156. The Morgan fingerprint density at radius 2 is 1.91 bits per heavy atom. The molecule has 0 spiro atoms. The SMILES string of the molecule is COCCCn1c(C)cc(C(=O)N2C3CCC2Cn2c(nnc2-c2ccccc2)C3)c1C. The molecule has 32 heavy (non-hydrogen) atoms. The maximum atomic E-state index is 13.8. The number of amides is 1. The van der Waals surface area contributed by atoms with Crippen LogP contribution >= 0.6 is 0 Å². The normalized spacial score (nSPS) is 19.8. The topological polar surface area (TPSA) is 65.2 Å². The number of carbonyl (C=O) groups is 1. The molecule has 1 fully saturated rings. The van der Waals surface area contributed by atoms with Gasteiger partial charge in [0.15, 0.2) is 5.82 Å². The summed E-state index contributed by atoms with van der Waals surface area (Å²) in [5.74, 6) is 2.04. The van der Waals surface area contributed by atoms with Gasteiger partial charge in [0.25, 0.3) is 5.91 Å². The van der Waals surface area contributed by atoms with E-state index in [1.807, 2.05) is 18.2 Å². The Balaban J connectivity index is 1.42. The number of aryl methyl sites for hydroxylation is 1. The first kappa shape index (κ1) is 20.9. The van der Waals surface area contributed by atoms with Crippen LogP contribution in [0.5, 0.6) is 0 Å². The van der Waals surface area contributed by atoms with Crippen molar-refractivity contribution in [2.24, 2.45) is 0 Å². The molecular formula is C25H31N5O2. The van der Waals surface area contributed by atoms with Crippen LogP contribution in [0.15, 0.2) is 36.4 Å². The van der Waals surface area contributed by atoms with Crippen molar-refractivity contribution in [3.63, 3.8) is 0 Å². The molecular weight excluding hydrogens is 402 g/mol. The number of hydrogen-bond acceptors (Lipinski definition) is 4. The van der Waals surface area contributed by atoms with Crippen LogP contribution in [0.3, 0.4) is 0 Å². The van der Waals surface area contributed by atoms with Crippen LogP contribution in [-0.2, 0) is 24.2 Å². The smallest absolute Gasteiger partial charge is 0.256 e. The predicted octanol–water partition coefficient (Wildman–Crippen LogP) is 3.63. The van der Waals surface area contributed by atoms with Crippen LogP contribution in [0.2, 0.25) is 0 Å². The molecule has 1 amide bonds. The number of carbonyl (C=O) groups excluding carboxylic acids is 1. The summed E-state index contributed by atoms with van der Waals surface area (Å²) in [5.41, 5.74) is 4.09. The van der Waals surface area contributed by atoms with E-state index in [1.165, 1.54) is 0 Å². The average molecular weight is 434 g/mol. The fraction of sp³-hybridized carbons (Fsp3) is 0.480. The summed E-state index contributed by atoms with van der Waals surface area (Å²) in [4.78, 5) is 15.9. The van der Waals surface area contributed by atoms with Gasteiger partial charge in [-0.1, -0.05) is 30.3 Å². The molecule has 0 radical (unpaired) electrons. The van der Waals surface area contributed by atoms with Gasteiger partial charge in [-0.3, -0.25) is 4.79 Å². The molecule has 168 valence electrons. The second-order valence-corrected chi connectivity index (χ2v) is 9.00. The van der Waals surface area contributed by atoms with Gasteiger partial charge >= 0.3 is 0 Å². The Morgan fingerprint density at radius 1 is 1.12 bits per heavy atom. The quantitative estimate of drug-likeness (QED) is 0.557. The molecule has 0 saturated carbocycles. The fourth-order valence-electron chi connectivity index (χ4n) is 5.44. The van der Waals surface area contributed by atoms with Crippen molar-refractivity contribution in [3.05, 3.63) is 59.2 Å². The van der Waals surface area contributed by atoms with Crippen molar-refractivity contribution < 1.29 is 9.53 Å². The number of nitrogens with zero attached hydrogens (tertiary/aromatic N) is 5. The van der Waals surface area contributed by atoms with Gasteiger partial charge in [0.1, 0.15) is 5.82 Å². The van der Waals surface area contributed by atoms with Crippen molar-refractivity contribution in [2.45, 2.75) is 64.7 Å². The second-order valence-electron chi connectivity index (χ2n) is 9.00. The molecule has 7 nitrogen and oxygen atoms in total. The molecule has 3 aromatic rings. The third kappa shape index (κ3) is 3.54. The van der Waals surface area contributed by atoms with E-state index in [0.717, 1.165) is 79.5 Å². The lowest BCUT2D eigenvalue weighted by Crippen LogP contribution is -2.42. The van der Waals surface area contributed by atoms with E-state index in [1.54, 1.807) is 7.11 Å². The molecule has 0 N–H and O–H groups in total. The number of aromatic nitrogens is 4. The van der Waals surface area contributed by atoms with Crippen LogP contribution < -0.4 is 0 Å². The van der Waals surface area contributed by atoms with Crippen LogP contribution in [0.4, 0.5) is 0 Å². The zero-order valence-electron chi connectivity index (χ0n) is 19.1. The molecule has 2 bridgehead atoms. The third-order valence-corrected chi connectivity index (χ3v) is 7.06. The van der Waals surface area contributed by atoms with Gasteiger partial charge < -0.3 is 18.8 Å². The van der Waals surface area contributed by atoms with E-state index in [2.05, 4.69) is 56.3 Å². The lowest BCUT2D eigenvalue weighted by atomic mass is 10.1. The average Bonchev–Trinajstić information content (AvgIpc) is 3.42. The third-order valence-electron chi connectivity index (χ3n) is 7.06. The van der Waals surface area contributed by atoms with Crippen molar-refractivity contribution in [2.75, 3.05) is 13.7 Å². The summed E-state index contributed by atoms with van der Waals surface area (Å²) in [5, 5.41) is 9.01. The highest BCUT2D eigenvalue weighted by Crippen LogP contribution is 2.35. The first-order valence-electron chi connectivity index (χ1n) is 11.5. The summed E-state index contributed by atoms with van der Waals surface area (Å²) in [6.45, 7) is 6.49. The van der Waals surface area contributed by atoms with E-state index < -0.39 is 0 Å². The second kappa shape index (κ2) is 8.54. The minimum absolute atomic E-state index is 0.156. The summed E-state index contributed by atoms with van der Waals surface area (Å²) >= 11 is 0. The minimum Gasteiger partial charge on any atom is -0.385 e. The summed E-state index contributed by atoms with van der Waals surface area (Å²) in [6.07, 6.45) is 3.74. The Hall–Kier alpha value is -2.93. The first-order chi connectivity index (χ1) is 15.6. The van der Waals surface area contributed by atoms with Gasteiger partial charge in [-0.2, -0.15) is 0 Å². The monoisotopic (exact) mass is 433 g/mol. The zero-order chi connectivity index (χ0) is 22.2. The molecule has 1 aromatic carbocycles. The molecule has 0 aliphatic carbocycles. The van der Waals surface area contributed by atoms with Crippen molar-refractivity contribution in [1.29, 1.82) is 0 Å². The van der Waals surface area contributed by atoms with Gasteiger partial charge in [-0.05, 0) is 39.2 Å². The van der Waals surface area contributed by atoms with Gasteiger partial charge in [0.2, 0.25) is 0 Å². The lowest BCUT2D eigenvalue weighted by Gasteiger charge is -2.28. The maximum absolute atomic E-state index is 13.8. The van der Waals surface area contributed by atoms with Gasteiger partial charge in [0, 0.05) is 56.2 Å². The molecule has 2 aliphatic heterocycles. The lowest BCUT2D eigenvalue weighted by molar-refractivity contribution is 0.0665. The van der Waals surface area contributed by atoms with E-state index in [-0.39, 0.29) is 18.0 Å². The number of ether oxygens (including phenoxy) is 1. The fourth-order valence-corrected chi connectivity index (χ4v) is 5.44. The van der Waals surface area contributed by atoms with E-state index in [4.69, 9.17) is 4.74 Å². The van der Waals surface area contributed by atoms with Crippen LogP contribution in [-0.4, -0.2) is 55.9 Å². The number of methoxy groups -OCH3 is 1. The highest BCUT2D eigenvalue weighted by Gasteiger charge is 2.42. The molecule has 4 heterocycles. The number of benzene rings is 1. The molecule has 2 unspecified atom stereocenters. The summed E-state index contributed by atoms with van der Waals surface area (Å²) in [6, 6.07) is 12.6.